The highest BCUT2D eigenvalue weighted by Gasteiger charge is 2.00. The molecule has 1 aromatic heterocycles. The smallest absolute Gasteiger partial charge is 0.242 e. The molecule has 2 N–H and O–H groups in total. The molecule has 0 bridgehead atoms. The molecule has 0 unspecified atom stereocenters. The van der Waals surface area contributed by atoms with E-state index in [0.29, 0.717) is 5.95 Å². The molecular weight excluding hydrogens is 206 g/mol. The first-order chi connectivity index (χ1) is 7.75. The van der Waals surface area contributed by atoms with Crippen molar-refractivity contribution in [3.8, 4) is 5.75 Å². The van der Waals surface area contributed by atoms with Crippen molar-refractivity contribution in [2.45, 2.75) is 6.42 Å². The topological polar surface area (TPSA) is 75.9 Å². The van der Waals surface area contributed by atoms with Crippen LogP contribution in [0.3, 0.4) is 0 Å². The van der Waals surface area contributed by atoms with Crippen LogP contribution in [0, 0.1) is 0 Å². The van der Waals surface area contributed by atoms with Gasteiger partial charge in [0, 0.05) is 13.6 Å². The molecule has 6 nitrogen and oxygen atoms in total. The summed E-state index contributed by atoms with van der Waals surface area (Å²) in [4.78, 5) is 0. The number of tetrazole rings is 1. The Bertz CT molecular complexity index is 450. The average Bonchev–Trinajstić information content (AvgIpc) is 2.68. The minimum Gasteiger partial charge on any atom is -0.508 e. The quantitative estimate of drug-likeness (QED) is 0.786. The summed E-state index contributed by atoms with van der Waals surface area (Å²) in [5.41, 5.74) is 1.15. The molecule has 0 spiro atoms. The van der Waals surface area contributed by atoms with E-state index in [9.17, 15) is 0 Å². The maximum Gasteiger partial charge on any atom is 0.242 e. The average molecular weight is 219 g/mol. The van der Waals surface area contributed by atoms with Gasteiger partial charge in [-0.05, 0) is 34.5 Å². The van der Waals surface area contributed by atoms with Crippen LogP contribution in [0.2, 0.25) is 0 Å². The zero-order chi connectivity index (χ0) is 11.4. The molecule has 1 heterocycles. The summed E-state index contributed by atoms with van der Waals surface area (Å²) in [6, 6.07) is 7.15. The lowest BCUT2D eigenvalue weighted by atomic mass is 10.1. The Morgan fingerprint density at radius 2 is 2.06 bits per heavy atom. The largest absolute Gasteiger partial charge is 0.508 e. The maximum absolute atomic E-state index is 9.12. The molecule has 0 amide bonds. The van der Waals surface area contributed by atoms with Gasteiger partial charge in [-0.2, -0.15) is 0 Å². The molecule has 0 aliphatic rings. The molecule has 1 aromatic carbocycles. The third-order valence-electron chi connectivity index (χ3n) is 2.25. The van der Waals surface area contributed by atoms with E-state index in [-0.39, 0.29) is 5.75 Å². The van der Waals surface area contributed by atoms with Crippen molar-refractivity contribution in [1.29, 1.82) is 0 Å². The van der Waals surface area contributed by atoms with Crippen LogP contribution in [0.5, 0.6) is 5.75 Å². The van der Waals surface area contributed by atoms with Crippen LogP contribution in [0.25, 0.3) is 0 Å². The van der Waals surface area contributed by atoms with Gasteiger partial charge < -0.3 is 10.4 Å². The summed E-state index contributed by atoms with van der Waals surface area (Å²) in [5, 5.41) is 23.3. The molecule has 0 saturated heterocycles. The highest BCUT2D eigenvalue weighted by Crippen LogP contribution is 2.10. The number of hydrogen-bond acceptors (Lipinski definition) is 5. The summed E-state index contributed by atoms with van der Waals surface area (Å²) < 4.78 is 1.58. The van der Waals surface area contributed by atoms with Gasteiger partial charge in [0.05, 0.1) is 0 Å². The maximum atomic E-state index is 9.12. The number of hydrogen-bond donors (Lipinski definition) is 2. The van der Waals surface area contributed by atoms with Gasteiger partial charge in [0.1, 0.15) is 5.75 Å². The SMILES string of the molecule is Cn1nnnc1NCCc1ccc(O)cc1. The van der Waals surface area contributed by atoms with E-state index < -0.39 is 0 Å². The Labute approximate surface area is 92.9 Å². The van der Waals surface area contributed by atoms with Crippen molar-refractivity contribution >= 4 is 5.95 Å². The van der Waals surface area contributed by atoms with E-state index in [1.807, 2.05) is 12.1 Å². The van der Waals surface area contributed by atoms with Crippen molar-refractivity contribution in [3.05, 3.63) is 29.8 Å². The molecule has 2 rings (SSSR count). The van der Waals surface area contributed by atoms with E-state index in [1.54, 1.807) is 23.9 Å². The zero-order valence-corrected chi connectivity index (χ0v) is 8.96. The molecule has 2 aromatic rings. The summed E-state index contributed by atoms with van der Waals surface area (Å²) in [6.45, 7) is 0.749. The first-order valence-electron chi connectivity index (χ1n) is 5.00. The van der Waals surface area contributed by atoms with Gasteiger partial charge in [-0.25, -0.2) is 4.68 Å². The normalized spacial score (nSPS) is 10.3. The lowest BCUT2D eigenvalue weighted by Gasteiger charge is -2.04. The van der Waals surface area contributed by atoms with E-state index >= 15 is 0 Å². The Balaban J connectivity index is 1.84. The molecule has 6 heteroatoms. The van der Waals surface area contributed by atoms with Gasteiger partial charge in [-0.3, -0.25) is 0 Å². The van der Waals surface area contributed by atoms with E-state index in [0.717, 1.165) is 18.5 Å². The Morgan fingerprint density at radius 3 is 2.69 bits per heavy atom. The van der Waals surface area contributed by atoms with Crippen molar-refractivity contribution in [3.63, 3.8) is 0 Å². The van der Waals surface area contributed by atoms with E-state index in [2.05, 4.69) is 20.8 Å². The highest BCUT2D eigenvalue weighted by molar-refractivity contribution is 5.27. The van der Waals surface area contributed by atoms with Crippen LogP contribution in [0.15, 0.2) is 24.3 Å². The Kier molecular flexibility index (Phi) is 3.00. The fourth-order valence-electron chi connectivity index (χ4n) is 1.36. The lowest BCUT2D eigenvalue weighted by molar-refractivity contribution is 0.475. The second kappa shape index (κ2) is 4.61. The predicted molar refractivity (Wildman–Crippen MR) is 59.1 cm³/mol. The monoisotopic (exact) mass is 219 g/mol. The number of aromatic nitrogens is 4. The number of aromatic hydroxyl groups is 1. The first kappa shape index (κ1) is 10.4. The molecule has 0 atom stereocenters. The van der Waals surface area contributed by atoms with Crippen molar-refractivity contribution in [2.24, 2.45) is 7.05 Å². The van der Waals surface area contributed by atoms with Crippen LogP contribution >= 0.6 is 0 Å². The van der Waals surface area contributed by atoms with Crippen LogP contribution < -0.4 is 5.32 Å². The molecule has 0 fully saturated rings. The number of nitrogens with zero attached hydrogens (tertiary/aromatic N) is 4. The van der Waals surface area contributed by atoms with Gasteiger partial charge >= 0.3 is 0 Å². The minimum absolute atomic E-state index is 0.286. The number of phenols is 1. The molecule has 16 heavy (non-hydrogen) atoms. The fourth-order valence-corrected chi connectivity index (χ4v) is 1.36. The van der Waals surface area contributed by atoms with Crippen molar-refractivity contribution in [1.82, 2.24) is 20.2 Å². The van der Waals surface area contributed by atoms with Crippen molar-refractivity contribution < 1.29 is 5.11 Å². The van der Waals surface area contributed by atoms with Crippen LogP contribution in [-0.4, -0.2) is 31.9 Å². The van der Waals surface area contributed by atoms with E-state index in [1.165, 1.54) is 0 Å². The number of nitrogens with one attached hydrogen (secondary N) is 1. The summed E-state index contributed by atoms with van der Waals surface area (Å²) in [7, 11) is 1.78. The second-order valence-corrected chi connectivity index (χ2v) is 3.47. The van der Waals surface area contributed by atoms with Gasteiger partial charge in [-0.1, -0.05) is 17.2 Å². The summed E-state index contributed by atoms with van der Waals surface area (Å²) >= 11 is 0. The number of anilines is 1. The first-order valence-corrected chi connectivity index (χ1v) is 5.00. The summed E-state index contributed by atoms with van der Waals surface area (Å²) in [6.07, 6.45) is 0.854. The molecule has 0 aliphatic heterocycles. The second-order valence-electron chi connectivity index (χ2n) is 3.47. The molecular formula is C10H13N5O. The van der Waals surface area contributed by atoms with E-state index in [4.69, 9.17) is 5.11 Å². The number of aryl methyl sites for hydroxylation is 1. The lowest BCUT2D eigenvalue weighted by Crippen LogP contribution is -2.09. The van der Waals surface area contributed by atoms with Gasteiger partial charge in [0.15, 0.2) is 0 Å². The third kappa shape index (κ3) is 2.47. The van der Waals surface area contributed by atoms with Gasteiger partial charge in [-0.15, -0.1) is 0 Å². The Hall–Kier alpha value is -2.11. The predicted octanol–water partition coefficient (Wildman–Crippen LogP) is 0.570. The standard InChI is InChI=1S/C10H13N5O/c1-15-10(12-13-14-15)11-7-6-8-2-4-9(16)5-3-8/h2-5,16H,6-7H2,1H3,(H,11,12,14). The molecule has 84 valence electrons. The molecule has 0 aliphatic carbocycles. The van der Waals surface area contributed by atoms with Gasteiger partial charge in [0.25, 0.3) is 0 Å². The zero-order valence-electron chi connectivity index (χ0n) is 8.96. The third-order valence-corrected chi connectivity index (χ3v) is 2.25. The number of benzene rings is 1. The minimum atomic E-state index is 0.286. The summed E-state index contributed by atoms with van der Waals surface area (Å²) in [5.74, 6) is 0.938. The van der Waals surface area contributed by atoms with Crippen LogP contribution in [0.4, 0.5) is 5.95 Å². The van der Waals surface area contributed by atoms with Crippen LogP contribution in [0.1, 0.15) is 5.56 Å². The fraction of sp³-hybridized carbons (Fsp3) is 0.300. The molecule has 0 radical (unpaired) electrons. The molecule has 0 saturated carbocycles. The Morgan fingerprint density at radius 1 is 1.31 bits per heavy atom. The van der Waals surface area contributed by atoms with Gasteiger partial charge in [0.2, 0.25) is 5.95 Å². The number of rotatable bonds is 4. The highest BCUT2D eigenvalue weighted by atomic mass is 16.3. The number of phenolic OH excluding ortho intramolecular Hbond substituents is 1. The van der Waals surface area contributed by atoms with Crippen LogP contribution in [-0.2, 0) is 13.5 Å². The van der Waals surface area contributed by atoms with Crippen molar-refractivity contribution in [2.75, 3.05) is 11.9 Å².